The molecule has 19 heavy (non-hydrogen) atoms. The number of carbonyl (C=O) groups is 3. The van der Waals surface area contributed by atoms with Gasteiger partial charge in [-0.3, -0.25) is 24.7 Å². The van der Waals surface area contributed by atoms with Gasteiger partial charge in [-0.2, -0.15) is 0 Å². The van der Waals surface area contributed by atoms with Crippen LogP contribution in [-0.2, 0) is 9.59 Å². The number of hydrogen-bond donors (Lipinski definition) is 3. The number of carbonyl (C=O) groups excluding carboxylic acids is 3. The molecule has 1 atom stereocenters. The van der Waals surface area contributed by atoms with Crippen LogP contribution < -0.4 is 16.9 Å². The first-order chi connectivity index (χ1) is 9.00. The zero-order valence-corrected chi connectivity index (χ0v) is 10.1. The van der Waals surface area contributed by atoms with Crippen LogP contribution in [-0.4, -0.2) is 28.8 Å². The van der Waals surface area contributed by atoms with Crippen LogP contribution in [0.25, 0.3) is 0 Å². The third-order valence-corrected chi connectivity index (χ3v) is 2.97. The Morgan fingerprint density at radius 2 is 2.00 bits per heavy atom. The molecule has 100 valence electrons. The van der Waals surface area contributed by atoms with Crippen LogP contribution in [0.5, 0.6) is 0 Å². The van der Waals surface area contributed by atoms with Crippen molar-refractivity contribution in [3.63, 3.8) is 0 Å². The van der Waals surface area contributed by atoms with Crippen molar-refractivity contribution in [3.05, 3.63) is 29.8 Å². The predicted molar refractivity (Wildman–Crippen MR) is 67.4 cm³/mol. The minimum absolute atomic E-state index is 0.154. The summed E-state index contributed by atoms with van der Waals surface area (Å²) in [6, 6.07) is 5.60. The summed E-state index contributed by atoms with van der Waals surface area (Å²) in [5.74, 6) is 4.21. The Hall–Kier alpha value is -2.41. The molecule has 0 saturated carbocycles. The fourth-order valence-corrected chi connectivity index (χ4v) is 1.92. The Morgan fingerprint density at radius 1 is 1.32 bits per heavy atom. The molecular weight excluding hydrogens is 248 g/mol. The number of para-hydroxylation sites is 1. The maximum atomic E-state index is 12.1. The molecule has 1 heterocycles. The van der Waals surface area contributed by atoms with Crippen LogP contribution >= 0.6 is 0 Å². The Kier molecular flexibility index (Phi) is 3.48. The molecule has 2 rings (SSSR count). The van der Waals surface area contributed by atoms with E-state index in [1.54, 1.807) is 18.2 Å². The lowest BCUT2D eigenvalue weighted by Gasteiger charge is -2.29. The van der Waals surface area contributed by atoms with Crippen molar-refractivity contribution in [2.45, 2.75) is 18.9 Å². The van der Waals surface area contributed by atoms with Crippen molar-refractivity contribution in [2.75, 3.05) is 5.73 Å². The maximum Gasteiger partial charge on any atom is 0.270 e. The predicted octanol–water partition coefficient (Wildman–Crippen LogP) is -0.610. The normalized spacial score (nSPS) is 18.9. The molecule has 1 aliphatic heterocycles. The SMILES string of the molecule is Nc1ccccc1C(=O)N(N)C1CCC(=O)NC1=O. The van der Waals surface area contributed by atoms with Gasteiger partial charge in [0.05, 0.1) is 5.56 Å². The molecule has 0 aromatic heterocycles. The molecule has 7 heteroatoms. The molecule has 5 N–H and O–H groups in total. The molecule has 1 aromatic carbocycles. The molecule has 1 fully saturated rings. The first kappa shape index (κ1) is 13.0. The van der Waals surface area contributed by atoms with Crippen LogP contribution in [0.15, 0.2) is 24.3 Å². The van der Waals surface area contributed by atoms with Gasteiger partial charge in [-0.05, 0) is 18.6 Å². The van der Waals surface area contributed by atoms with E-state index >= 15 is 0 Å². The van der Waals surface area contributed by atoms with Gasteiger partial charge < -0.3 is 5.73 Å². The third-order valence-electron chi connectivity index (χ3n) is 2.97. The molecule has 1 aromatic rings. The van der Waals surface area contributed by atoms with E-state index in [2.05, 4.69) is 5.32 Å². The lowest BCUT2D eigenvalue weighted by molar-refractivity contribution is -0.136. The Labute approximate surface area is 109 Å². The molecule has 0 aliphatic carbocycles. The number of anilines is 1. The van der Waals surface area contributed by atoms with Crippen molar-refractivity contribution >= 4 is 23.4 Å². The zero-order valence-electron chi connectivity index (χ0n) is 10.1. The number of hydrazine groups is 1. The monoisotopic (exact) mass is 262 g/mol. The molecule has 0 radical (unpaired) electrons. The van der Waals surface area contributed by atoms with Gasteiger partial charge in [0.25, 0.3) is 11.8 Å². The molecule has 3 amide bonds. The van der Waals surface area contributed by atoms with Gasteiger partial charge in [-0.15, -0.1) is 0 Å². The molecule has 7 nitrogen and oxygen atoms in total. The van der Waals surface area contributed by atoms with E-state index in [0.717, 1.165) is 5.01 Å². The number of nitrogens with zero attached hydrogens (tertiary/aromatic N) is 1. The lowest BCUT2D eigenvalue weighted by atomic mass is 10.0. The van der Waals surface area contributed by atoms with Crippen molar-refractivity contribution in [1.82, 2.24) is 10.3 Å². The van der Waals surface area contributed by atoms with E-state index in [0.29, 0.717) is 0 Å². The third kappa shape index (κ3) is 2.55. The Morgan fingerprint density at radius 3 is 2.63 bits per heavy atom. The minimum atomic E-state index is -0.857. The summed E-state index contributed by atoms with van der Waals surface area (Å²) < 4.78 is 0. The number of nitrogens with two attached hydrogens (primary N) is 2. The fourth-order valence-electron chi connectivity index (χ4n) is 1.92. The second-order valence-electron chi connectivity index (χ2n) is 4.27. The van der Waals surface area contributed by atoms with E-state index in [9.17, 15) is 14.4 Å². The summed E-state index contributed by atoms with van der Waals surface area (Å²) in [5.41, 5.74) is 6.21. The highest BCUT2D eigenvalue weighted by molar-refractivity contribution is 6.05. The zero-order chi connectivity index (χ0) is 14.0. The van der Waals surface area contributed by atoms with Gasteiger partial charge in [0, 0.05) is 12.1 Å². The largest absolute Gasteiger partial charge is 0.398 e. The van der Waals surface area contributed by atoms with Crippen molar-refractivity contribution < 1.29 is 14.4 Å². The summed E-state index contributed by atoms with van der Waals surface area (Å²) in [6.07, 6.45) is 0.362. The Balaban J connectivity index is 2.18. The van der Waals surface area contributed by atoms with E-state index < -0.39 is 17.9 Å². The second kappa shape index (κ2) is 5.07. The average Bonchev–Trinajstić information content (AvgIpc) is 2.38. The number of amides is 3. The number of imide groups is 1. The summed E-state index contributed by atoms with van der Waals surface area (Å²) >= 11 is 0. The summed E-state index contributed by atoms with van der Waals surface area (Å²) in [5, 5.41) is 2.98. The van der Waals surface area contributed by atoms with E-state index in [4.69, 9.17) is 11.6 Å². The summed E-state index contributed by atoms with van der Waals surface area (Å²) in [4.78, 5) is 34.8. The van der Waals surface area contributed by atoms with Crippen molar-refractivity contribution in [3.8, 4) is 0 Å². The molecule has 1 unspecified atom stereocenters. The first-order valence-electron chi connectivity index (χ1n) is 5.77. The smallest absolute Gasteiger partial charge is 0.270 e. The summed E-state index contributed by atoms with van der Waals surface area (Å²) in [6.45, 7) is 0. The number of piperidine rings is 1. The highest BCUT2D eigenvalue weighted by atomic mass is 16.2. The minimum Gasteiger partial charge on any atom is -0.398 e. The van der Waals surface area contributed by atoms with Crippen LogP contribution in [0.2, 0.25) is 0 Å². The van der Waals surface area contributed by atoms with Gasteiger partial charge in [0.15, 0.2) is 0 Å². The van der Waals surface area contributed by atoms with E-state index in [1.807, 2.05) is 0 Å². The molecule has 1 aliphatic rings. The van der Waals surface area contributed by atoms with Crippen LogP contribution in [0, 0.1) is 0 Å². The highest BCUT2D eigenvalue weighted by Gasteiger charge is 2.33. The van der Waals surface area contributed by atoms with Gasteiger partial charge in [0.1, 0.15) is 6.04 Å². The van der Waals surface area contributed by atoms with Gasteiger partial charge in [-0.1, -0.05) is 12.1 Å². The fraction of sp³-hybridized carbons (Fsp3) is 0.250. The maximum absolute atomic E-state index is 12.1. The average molecular weight is 262 g/mol. The van der Waals surface area contributed by atoms with Crippen LogP contribution in [0.4, 0.5) is 5.69 Å². The number of benzene rings is 1. The lowest BCUT2D eigenvalue weighted by Crippen LogP contribution is -2.57. The van der Waals surface area contributed by atoms with Crippen molar-refractivity contribution in [1.29, 1.82) is 0 Å². The number of nitrogen functional groups attached to an aromatic ring is 1. The van der Waals surface area contributed by atoms with Crippen molar-refractivity contribution in [2.24, 2.45) is 5.84 Å². The standard InChI is InChI=1S/C12H14N4O3/c13-8-4-2-1-3-7(8)12(19)16(14)9-5-6-10(17)15-11(9)18/h1-4,9H,5-6,13-14H2,(H,15,17,18). The second-order valence-corrected chi connectivity index (χ2v) is 4.27. The highest BCUT2D eigenvalue weighted by Crippen LogP contribution is 2.16. The first-order valence-corrected chi connectivity index (χ1v) is 5.77. The van der Waals surface area contributed by atoms with E-state index in [1.165, 1.54) is 6.07 Å². The number of nitrogens with one attached hydrogen (secondary N) is 1. The topological polar surface area (TPSA) is 119 Å². The number of hydrogen-bond acceptors (Lipinski definition) is 5. The van der Waals surface area contributed by atoms with Gasteiger partial charge in [-0.25, -0.2) is 5.84 Å². The number of rotatable bonds is 2. The van der Waals surface area contributed by atoms with Crippen LogP contribution in [0.1, 0.15) is 23.2 Å². The van der Waals surface area contributed by atoms with Gasteiger partial charge >= 0.3 is 0 Å². The molecule has 0 spiro atoms. The van der Waals surface area contributed by atoms with E-state index in [-0.39, 0.29) is 30.0 Å². The molecule has 0 bridgehead atoms. The summed E-state index contributed by atoms with van der Waals surface area (Å²) in [7, 11) is 0. The van der Waals surface area contributed by atoms with Gasteiger partial charge in [0.2, 0.25) is 5.91 Å². The molecule has 1 saturated heterocycles. The quantitative estimate of drug-likeness (QED) is 0.216. The van der Waals surface area contributed by atoms with Crippen LogP contribution in [0.3, 0.4) is 0 Å². The molecular formula is C12H14N4O3. The Bertz CT molecular complexity index is 544.